The van der Waals surface area contributed by atoms with Gasteiger partial charge < -0.3 is 0 Å². The van der Waals surface area contributed by atoms with Gasteiger partial charge in [-0.1, -0.05) is 19.6 Å². The summed E-state index contributed by atoms with van der Waals surface area (Å²) in [5.41, 5.74) is 0. The van der Waals surface area contributed by atoms with Crippen molar-refractivity contribution >= 4 is 44.4 Å². The number of nitrogens with zero attached hydrogens (tertiary/aromatic N) is 4. The monoisotopic (exact) mass is 628 g/mol. The maximum atomic E-state index is 3.08. The van der Waals surface area contributed by atoms with Crippen molar-refractivity contribution in [2.75, 3.05) is 0 Å². The third kappa shape index (κ3) is 8.62. The van der Waals surface area contributed by atoms with Crippen molar-refractivity contribution in [2.45, 2.75) is 179 Å². The van der Waals surface area contributed by atoms with Crippen LogP contribution in [0.5, 0.6) is 0 Å². The Morgan fingerprint density at radius 1 is 0.432 bits per heavy atom. The lowest BCUT2D eigenvalue weighted by atomic mass is 10.3. The minimum Gasteiger partial charge on any atom is -0.269 e. The molecule has 1 aliphatic heterocycles. The van der Waals surface area contributed by atoms with Gasteiger partial charge in [0.25, 0.3) is 0 Å². The van der Waals surface area contributed by atoms with E-state index < -0.39 is 15.7 Å². The Morgan fingerprint density at radius 3 is 0.838 bits per heavy atom. The standard InChI is InChI=1S/C27H65N4P5Si/c1-20(2)28(21(3)4)32(29(22(5)6)23(7)8)35-33(30(24(9)10)25(11)12)36(37(17,18)19)34(35)31(26(13)14)27(15)16/h20-27H,1-19H3. The van der Waals surface area contributed by atoms with Crippen molar-refractivity contribution in [1.82, 2.24) is 18.7 Å². The number of rotatable bonds is 14. The SMILES string of the molecule is CC(C)N(C(C)C)P(N(C(C)C)C(C)C)P1P(N(C(C)C)C(C)C)P([Si](C)(C)C)P1N(C(C)C)C(C)C. The lowest BCUT2D eigenvalue weighted by Gasteiger charge is -2.68. The highest BCUT2D eigenvalue weighted by Crippen LogP contribution is 3.29. The summed E-state index contributed by atoms with van der Waals surface area (Å²) in [6.07, 6.45) is 0. The fraction of sp³-hybridized carbons (Fsp3) is 1.00. The minimum atomic E-state index is -1.35. The molecule has 0 radical (unpaired) electrons. The van der Waals surface area contributed by atoms with Gasteiger partial charge in [0.15, 0.2) is 0 Å². The van der Waals surface area contributed by atoms with Gasteiger partial charge in [-0.05, 0) is 118 Å². The van der Waals surface area contributed by atoms with Crippen LogP contribution in [0.15, 0.2) is 0 Å². The average Bonchev–Trinajstić information content (AvgIpc) is 2.63. The second kappa shape index (κ2) is 15.1. The molecule has 222 valence electrons. The molecule has 1 fully saturated rings. The highest BCUT2D eigenvalue weighted by atomic mass is 33.2. The van der Waals surface area contributed by atoms with E-state index in [1.54, 1.807) is 0 Å². The highest BCUT2D eigenvalue weighted by molar-refractivity contribution is 9.21. The summed E-state index contributed by atoms with van der Waals surface area (Å²) in [4.78, 5) is 0. The lowest BCUT2D eigenvalue weighted by Crippen LogP contribution is -2.44. The summed E-state index contributed by atoms with van der Waals surface area (Å²) in [6, 6.07) is 4.76. The van der Waals surface area contributed by atoms with Gasteiger partial charge in [0.2, 0.25) is 0 Å². The zero-order valence-corrected chi connectivity index (χ0v) is 33.6. The zero-order valence-electron chi connectivity index (χ0n) is 28.1. The molecule has 37 heavy (non-hydrogen) atoms. The minimum absolute atomic E-state index is 0.0394. The van der Waals surface area contributed by atoms with Crippen molar-refractivity contribution < 1.29 is 0 Å². The molecule has 0 saturated carbocycles. The van der Waals surface area contributed by atoms with E-state index >= 15 is 0 Å². The summed E-state index contributed by atoms with van der Waals surface area (Å²) in [5.74, 6) is 0. The second-order valence-electron chi connectivity index (χ2n) is 13.8. The third-order valence-corrected chi connectivity index (χ3v) is 70.2. The van der Waals surface area contributed by atoms with Crippen LogP contribution in [-0.4, -0.2) is 74.8 Å². The molecule has 1 saturated heterocycles. The van der Waals surface area contributed by atoms with Crippen molar-refractivity contribution in [2.24, 2.45) is 0 Å². The predicted molar refractivity (Wildman–Crippen MR) is 186 cm³/mol. The van der Waals surface area contributed by atoms with Gasteiger partial charge in [0, 0.05) is 70.2 Å². The topological polar surface area (TPSA) is 13.0 Å². The van der Waals surface area contributed by atoms with Crippen LogP contribution in [0.3, 0.4) is 0 Å². The normalized spacial score (nSPS) is 24.0. The van der Waals surface area contributed by atoms with Crippen LogP contribution >= 0.6 is 36.6 Å². The number of hydrogen-bond acceptors (Lipinski definition) is 4. The van der Waals surface area contributed by atoms with E-state index in [9.17, 15) is 0 Å². The quantitative estimate of drug-likeness (QED) is 0.140. The predicted octanol–water partition coefficient (Wildman–Crippen LogP) is 12.0. The van der Waals surface area contributed by atoms with E-state index in [2.05, 4.69) is 149 Å². The highest BCUT2D eigenvalue weighted by Gasteiger charge is 2.65. The first-order chi connectivity index (χ1) is 16.7. The first-order valence-electron chi connectivity index (χ1n) is 14.8. The molecule has 2 atom stereocenters. The van der Waals surface area contributed by atoms with Crippen LogP contribution in [0.25, 0.3) is 0 Å². The Kier molecular flexibility index (Phi) is 15.2. The van der Waals surface area contributed by atoms with E-state index in [4.69, 9.17) is 0 Å². The molecular formula is C27H65N4P5Si. The Hall–Kier alpha value is 2.21. The first-order valence-corrected chi connectivity index (χ1v) is 29.2. The van der Waals surface area contributed by atoms with E-state index in [0.29, 0.717) is 48.3 Å². The molecular weight excluding hydrogens is 563 g/mol. The van der Waals surface area contributed by atoms with Crippen LogP contribution < -0.4 is 0 Å². The molecule has 0 aromatic carbocycles. The van der Waals surface area contributed by atoms with Gasteiger partial charge in [0.05, 0.1) is 15.7 Å². The van der Waals surface area contributed by atoms with E-state index in [1.807, 2.05) is 0 Å². The molecule has 0 aliphatic carbocycles. The van der Waals surface area contributed by atoms with E-state index in [0.717, 1.165) is 0 Å². The van der Waals surface area contributed by atoms with Gasteiger partial charge in [-0.25, -0.2) is 0 Å². The van der Waals surface area contributed by atoms with Gasteiger partial charge >= 0.3 is 0 Å². The van der Waals surface area contributed by atoms with Crippen molar-refractivity contribution in [3.8, 4) is 0 Å². The molecule has 0 spiro atoms. The molecule has 0 aromatic rings. The lowest BCUT2D eigenvalue weighted by molar-refractivity contribution is 0.264. The van der Waals surface area contributed by atoms with Gasteiger partial charge in [-0.15, -0.1) is 0 Å². The van der Waals surface area contributed by atoms with Gasteiger partial charge in [0.1, 0.15) is 0 Å². The maximum absolute atomic E-state index is 3.08. The Labute approximate surface area is 241 Å². The van der Waals surface area contributed by atoms with Gasteiger partial charge in [-0.2, -0.15) is 0 Å². The second-order valence-corrected chi connectivity index (χ2v) is 47.6. The molecule has 0 aromatic heterocycles. The number of hydrogen-bond donors (Lipinski definition) is 0. The van der Waals surface area contributed by atoms with Crippen LogP contribution in [0.4, 0.5) is 0 Å². The summed E-state index contributed by atoms with van der Waals surface area (Å²) in [5, 5.41) is 0. The van der Waals surface area contributed by atoms with Crippen molar-refractivity contribution in [1.29, 1.82) is 0 Å². The Balaban J connectivity index is 4.13. The Bertz CT molecular complexity index is 604. The molecule has 1 heterocycles. The van der Waals surface area contributed by atoms with Crippen LogP contribution in [-0.2, 0) is 0 Å². The average molecular weight is 629 g/mol. The summed E-state index contributed by atoms with van der Waals surface area (Å²) >= 11 is 0. The van der Waals surface area contributed by atoms with E-state index in [1.165, 1.54) is 0 Å². The molecule has 0 amide bonds. The van der Waals surface area contributed by atoms with Crippen molar-refractivity contribution in [3.05, 3.63) is 0 Å². The van der Waals surface area contributed by atoms with Crippen LogP contribution in [0.2, 0.25) is 19.6 Å². The fourth-order valence-electron chi connectivity index (χ4n) is 5.66. The summed E-state index contributed by atoms with van der Waals surface area (Å²) in [7, 11) is -1.98. The Morgan fingerprint density at radius 2 is 0.676 bits per heavy atom. The van der Waals surface area contributed by atoms with Crippen LogP contribution in [0, 0.1) is 0 Å². The van der Waals surface area contributed by atoms with Gasteiger partial charge in [-0.3, -0.25) is 18.7 Å². The van der Waals surface area contributed by atoms with Crippen molar-refractivity contribution in [3.63, 3.8) is 0 Å². The molecule has 1 rings (SSSR count). The zero-order chi connectivity index (χ0) is 29.3. The molecule has 1 aliphatic rings. The summed E-state index contributed by atoms with van der Waals surface area (Å²) < 4.78 is 12.2. The van der Waals surface area contributed by atoms with E-state index in [-0.39, 0.29) is 28.7 Å². The maximum Gasteiger partial charge on any atom is 0.0864 e. The van der Waals surface area contributed by atoms with Crippen LogP contribution in [0.1, 0.15) is 111 Å². The third-order valence-electron chi connectivity index (χ3n) is 6.48. The molecule has 0 bridgehead atoms. The molecule has 10 heteroatoms. The first kappa shape index (κ1) is 37.2. The fourth-order valence-corrected chi connectivity index (χ4v) is 105. The summed E-state index contributed by atoms with van der Waals surface area (Å²) in [6.45, 7) is 47.8. The smallest absolute Gasteiger partial charge is 0.0864 e. The molecule has 2 unspecified atom stereocenters. The molecule has 4 nitrogen and oxygen atoms in total. The largest absolute Gasteiger partial charge is 0.269 e. The molecule has 0 N–H and O–H groups in total.